The Hall–Kier alpha value is -2.36. The summed E-state index contributed by atoms with van der Waals surface area (Å²) in [5.74, 6) is -0.372. The van der Waals surface area contributed by atoms with Crippen molar-refractivity contribution < 1.29 is 9.18 Å². The first-order valence-electron chi connectivity index (χ1n) is 7.46. The number of rotatable bonds is 6. The van der Waals surface area contributed by atoms with Gasteiger partial charge in [-0.3, -0.25) is 4.79 Å². The van der Waals surface area contributed by atoms with Gasteiger partial charge in [-0.15, -0.1) is 0 Å². The normalized spacial score (nSPS) is 11.8. The molecule has 2 aromatic carbocycles. The van der Waals surface area contributed by atoms with Gasteiger partial charge in [0, 0.05) is 5.69 Å². The fourth-order valence-corrected chi connectivity index (χ4v) is 2.30. The number of anilines is 1. The maximum Gasteiger partial charge on any atom is 0.239 e. The van der Waals surface area contributed by atoms with Crippen LogP contribution in [0.2, 0.25) is 0 Å². The van der Waals surface area contributed by atoms with Crippen molar-refractivity contribution in [2.45, 2.75) is 26.3 Å². The van der Waals surface area contributed by atoms with Gasteiger partial charge in [0.1, 0.15) is 5.82 Å². The number of carbonyl (C=O) groups excluding carboxylic acids is 1. The Kier molecular flexibility index (Phi) is 5.53. The number of benzene rings is 2. The second-order valence-electron chi connectivity index (χ2n) is 5.21. The van der Waals surface area contributed by atoms with Crippen molar-refractivity contribution in [2.24, 2.45) is 0 Å². The molecule has 2 rings (SSSR count). The smallest absolute Gasteiger partial charge is 0.239 e. The summed E-state index contributed by atoms with van der Waals surface area (Å²) in [6.45, 7) is 4.17. The summed E-state index contributed by atoms with van der Waals surface area (Å²) in [6, 6.07) is 13.9. The van der Waals surface area contributed by atoms with E-state index >= 15 is 0 Å². The lowest BCUT2D eigenvalue weighted by Gasteiger charge is -2.16. The van der Waals surface area contributed by atoms with E-state index in [0.29, 0.717) is 0 Å². The summed E-state index contributed by atoms with van der Waals surface area (Å²) in [5.41, 5.74) is 3.04. The van der Waals surface area contributed by atoms with E-state index in [0.717, 1.165) is 17.7 Å². The predicted octanol–water partition coefficient (Wildman–Crippen LogP) is 3.68. The molecule has 4 heteroatoms. The van der Waals surface area contributed by atoms with Crippen LogP contribution in [0.4, 0.5) is 10.1 Å². The molecular formula is C18H21FN2O. The molecule has 0 saturated carbocycles. The summed E-state index contributed by atoms with van der Waals surface area (Å²) in [5, 5.41) is 6.06. The lowest BCUT2D eigenvalue weighted by atomic mass is 10.1. The minimum Gasteiger partial charge on any atom is -0.376 e. The molecule has 0 fully saturated rings. The summed E-state index contributed by atoms with van der Waals surface area (Å²) in [4.78, 5) is 12.0. The largest absolute Gasteiger partial charge is 0.376 e. The topological polar surface area (TPSA) is 41.1 Å². The minimum absolute atomic E-state index is 0.0947. The quantitative estimate of drug-likeness (QED) is 0.854. The number of amides is 1. The van der Waals surface area contributed by atoms with Crippen LogP contribution in [0.15, 0.2) is 48.5 Å². The fourth-order valence-electron chi connectivity index (χ4n) is 2.30. The number of hydrogen-bond donors (Lipinski definition) is 2. The molecule has 22 heavy (non-hydrogen) atoms. The highest BCUT2D eigenvalue weighted by Crippen LogP contribution is 2.15. The van der Waals surface area contributed by atoms with Crippen LogP contribution < -0.4 is 10.6 Å². The number of aryl methyl sites for hydroxylation is 1. The van der Waals surface area contributed by atoms with Gasteiger partial charge in [0.05, 0.1) is 12.6 Å². The second-order valence-corrected chi connectivity index (χ2v) is 5.21. The molecule has 0 spiro atoms. The summed E-state index contributed by atoms with van der Waals surface area (Å²) in [6.07, 6.45) is 0.913. The van der Waals surface area contributed by atoms with Crippen LogP contribution in [0.25, 0.3) is 0 Å². The monoisotopic (exact) mass is 300 g/mol. The number of para-hydroxylation sites is 1. The highest BCUT2D eigenvalue weighted by molar-refractivity contribution is 5.81. The van der Waals surface area contributed by atoms with Crippen molar-refractivity contribution in [1.82, 2.24) is 5.32 Å². The Morgan fingerprint density at radius 1 is 1.14 bits per heavy atom. The second kappa shape index (κ2) is 7.59. The number of carbonyl (C=O) groups is 1. The highest BCUT2D eigenvalue weighted by atomic mass is 19.1. The maximum atomic E-state index is 12.9. The first-order chi connectivity index (χ1) is 10.6. The molecule has 0 bridgehead atoms. The summed E-state index contributed by atoms with van der Waals surface area (Å²) >= 11 is 0. The summed E-state index contributed by atoms with van der Waals surface area (Å²) in [7, 11) is 0. The molecule has 0 aliphatic rings. The zero-order valence-electron chi connectivity index (χ0n) is 12.9. The van der Waals surface area contributed by atoms with Gasteiger partial charge in [0.2, 0.25) is 5.91 Å². The van der Waals surface area contributed by atoms with E-state index in [1.807, 2.05) is 31.2 Å². The van der Waals surface area contributed by atoms with Gasteiger partial charge in [-0.1, -0.05) is 37.3 Å². The molecule has 0 aliphatic heterocycles. The average molecular weight is 300 g/mol. The molecule has 116 valence electrons. The number of nitrogens with one attached hydrogen (secondary N) is 2. The molecule has 2 N–H and O–H groups in total. The van der Waals surface area contributed by atoms with Crippen LogP contribution in [0.3, 0.4) is 0 Å². The van der Waals surface area contributed by atoms with Crippen molar-refractivity contribution >= 4 is 11.6 Å². The zero-order valence-corrected chi connectivity index (χ0v) is 12.9. The average Bonchev–Trinajstić information content (AvgIpc) is 2.53. The van der Waals surface area contributed by atoms with Crippen LogP contribution in [0.1, 0.15) is 31.0 Å². The van der Waals surface area contributed by atoms with E-state index in [2.05, 4.69) is 17.6 Å². The van der Waals surface area contributed by atoms with Crippen LogP contribution >= 0.6 is 0 Å². The fraction of sp³-hybridized carbons (Fsp3) is 0.278. The van der Waals surface area contributed by atoms with E-state index in [-0.39, 0.29) is 24.3 Å². The Bertz CT molecular complexity index is 625. The highest BCUT2D eigenvalue weighted by Gasteiger charge is 2.10. The van der Waals surface area contributed by atoms with Gasteiger partial charge in [-0.25, -0.2) is 4.39 Å². The Morgan fingerprint density at radius 2 is 1.82 bits per heavy atom. The molecule has 0 saturated heterocycles. The van der Waals surface area contributed by atoms with E-state index in [4.69, 9.17) is 0 Å². The van der Waals surface area contributed by atoms with Gasteiger partial charge in [-0.2, -0.15) is 0 Å². The predicted molar refractivity (Wildman–Crippen MR) is 87.3 cm³/mol. The zero-order chi connectivity index (χ0) is 15.9. The first kappa shape index (κ1) is 16.0. The van der Waals surface area contributed by atoms with Gasteiger partial charge < -0.3 is 10.6 Å². The van der Waals surface area contributed by atoms with Crippen LogP contribution in [-0.4, -0.2) is 12.5 Å². The van der Waals surface area contributed by atoms with E-state index in [1.165, 1.54) is 17.7 Å². The van der Waals surface area contributed by atoms with E-state index in [9.17, 15) is 9.18 Å². The standard InChI is InChI=1S/C18H21FN2O/c1-3-14-6-4-5-7-17(14)20-12-18(22)21-13(2)15-8-10-16(19)11-9-15/h4-11,13,20H,3,12H2,1-2H3,(H,21,22). The van der Waals surface area contributed by atoms with Crippen molar-refractivity contribution in [2.75, 3.05) is 11.9 Å². The van der Waals surface area contributed by atoms with Gasteiger partial charge in [0.25, 0.3) is 0 Å². The minimum atomic E-state index is -0.278. The number of hydrogen-bond acceptors (Lipinski definition) is 2. The van der Waals surface area contributed by atoms with Crippen LogP contribution in [0.5, 0.6) is 0 Å². The Labute approximate surface area is 130 Å². The van der Waals surface area contributed by atoms with Crippen molar-refractivity contribution in [3.05, 3.63) is 65.5 Å². The van der Waals surface area contributed by atoms with E-state index < -0.39 is 0 Å². The first-order valence-corrected chi connectivity index (χ1v) is 7.46. The molecule has 0 aliphatic carbocycles. The molecule has 2 aromatic rings. The molecule has 1 unspecified atom stereocenters. The molecular weight excluding hydrogens is 279 g/mol. The number of halogens is 1. The lowest BCUT2D eigenvalue weighted by molar-refractivity contribution is -0.120. The van der Waals surface area contributed by atoms with Crippen LogP contribution in [0, 0.1) is 5.82 Å². The Morgan fingerprint density at radius 3 is 2.50 bits per heavy atom. The van der Waals surface area contributed by atoms with Gasteiger partial charge >= 0.3 is 0 Å². The molecule has 1 atom stereocenters. The summed E-state index contributed by atoms with van der Waals surface area (Å²) < 4.78 is 12.9. The van der Waals surface area contributed by atoms with Crippen molar-refractivity contribution in [3.63, 3.8) is 0 Å². The third-order valence-electron chi connectivity index (χ3n) is 3.59. The third-order valence-corrected chi connectivity index (χ3v) is 3.59. The molecule has 3 nitrogen and oxygen atoms in total. The molecule has 0 radical (unpaired) electrons. The molecule has 0 heterocycles. The SMILES string of the molecule is CCc1ccccc1NCC(=O)NC(C)c1ccc(F)cc1. The van der Waals surface area contributed by atoms with Gasteiger partial charge in [-0.05, 0) is 42.7 Å². The molecule has 1 amide bonds. The van der Waals surface area contributed by atoms with E-state index in [1.54, 1.807) is 12.1 Å². The Balaban J connectivity index is 1.88. The maximum absolute atomic E-state index is 12.9. The third kappa shape index (κ3) is 4.32. The molecule has 0 aromatic heterocycles. The van der Waals surface area contributed by atoms with Crippen molar-refractivity contribution in [3.8, 4) is 0 Å². The van der Waals surface area contributed by atoms with Gasteiger partial charge in [0.15, 0.2) is 0 Å². The van der Waals surface area contributed by atoms with Crippen LogP contribution in [-0.2, 0) is 11.2 Å². The lowest BCUT2D eigenvalue weighted by Crippen LogP contribution is -2.32. The van der Waals surface area contributed by atoms with Crippen molar-refractivity contribution in [1.29, 1.82) is 0 Å².